The normalized spacial score (nSPS) is 17.7. The summed E-state index contributed by atoms with van der Waals surface area (Å²) in [7, 11) is 2.20. The van der Waals surface area contributed by atoms with Crippen LogP contribution in [0.4, 0.5) is 0 Å². The van der Waals surface area contributed by atoms with Crippen LogP contribution < -0.4 is 10.6 Å². The fourth-order valence-corrected chi connectivity index (χ4v) is 3.05. The van der Waals surface area contributed by atoms with Gasteiger partial charge in [-0.1, -0.05) is 6.92 Å². The third-order valence-electron chi connectivity index (χ3n) is 4.88. The van der Waals surface area contributed by atoms with Gasteiger partial charge in [0, 0.05) is 38.3 Å². The Kier molecular flexibility index (Phi) is 11.1. The molecule has 24 heavy (non-hydrogen) atoms. The summed E-state index contributed by atoms with van der Waals surface area (Å²) >= 11 is 0. The van der Waals surface area contributed by atoms with Gasteiger partial charge in [0.15, 0.2) is 5.96 Å². The lowest BCUT2D eigenvalue weighted by atomic mass is 10.1. The van der Waals surface area contributed by atoms with E-state index in [1.807, 2.05) is 0 Å². The summed E-state index contributed by atoms with van der Waals surface area (Å²) in [6.07, 6.45) is 6.08. The van der Waals surface area contributed by atoms with Gasteiger partial charge in [0.05, 0.1) is 0 Å². The predicted molar refractivity (Wildman–Crippen MR) is 106 cm³/mol. The van der Waals surface area contributed by atoms with Gasteiger partial charge in [0.2, 0.25) is 0 Å². The maximum Gasteiger partial charge on any atom is 0.191 e. The fourth-order valence-electron chi connectivity index (χ4n) is 3.05. The van der Waals surface area contributed by atoms with Crippen molar-refractivity contribution in [3.8, 4) is 0 Å². The number of aliphatic imine (C=N–C) groups is 1. The Hall–Kier alpha value is -0.810. The fraction of sp³-hybridized carbons (Fsp3) is 0.947. The topological polar surface area (TPSA) is 42.9 Å². The average Bonchev–Trinajstić information content (AvgIpc) is 2.56. The number of nitrogens with one attached hydrogen (secondary N) is 2. The van der Waals surface area contributed by atoms with Gasteiger partial charge in [-0.2, -0.15) is 0 Å². The molecule has 142 valence electrons. The van der Waals surface area contributed by atoms with Crippen LogP contribution in [0.5, 0.6) is 0 Å². The highest BCUT2D eigenvalue weighted by atomic mass is 15.2. The molecule has 1 rings (SSSR count). The van der Waals surface area contributed by atoms with Crippen molar-refractivity contribution in [2.75, 3.05) is 46.3 Å². The zero-order valence-electron chi connectivity index (χ0n) is 16.8. The molecule has 1 aliphatic rings. The minimum Gasteiger partial charge on any atom is -0.357 e. The van der Waals surface area contributed by atoms with Crippen LogP contribution >= 0.6 is 0 Å². The van der Waals surface area contributed by atoms with Gasteiger partial charge in [-0.25, -0.2) is 0 Å². The van der Waals surface area contributed by atoms with Crippen LogP contribution in [-0.4, -0.2) is 74.2 Å². The number of likely N-dealkylation sites (tertiary alicyclic amines) is 1. The van der Waals surface area contributed by atoms with Crippen molar-refractivity contribution in [1.82, 2.24) is 20.4 Å². The number of rotatable bonds is 10. The second kappa shape index (κ2) is 12.5. The van der Waals surface area contributed by atoms with E-state index in [-0.39, 0.29) is 0 Å². The predicted octanol–water partition coefficient (Wildman–Crippen LogP) is 2.54. The molecule has 0 aromatic heterocycles. The van der Waals surface area contributed by atoms with E-state index in [2.05, 4.69) is 55.2 Å². The summed E-state index contributed by atoms with van der Waals surface area (Å²) in [4.78, 5) is 9.74. The first-order valence-corrected chi connectivity index (χ1v) is 10.0. The zero-order chi connectivity index (χ0) is 17.8. The molecule has 0 saturated carbocycles. The van der Waals surface area contributed by atoms with Gasteiger partial charge < -0.3 is 20.4 Å². The number of hydrogen-bond donors (Lipinski definition) is 2. The number of guanidine groups is 1. The molecular weight excluding hydrogens is 298 g/mol. The molecule has 0 aromatic rings. The third kappa shape index (κ3) is 8.88. The van der Waals surface area contributed by atoms with Crippen LogP contribution in [0, 0.1) is 0 Å². The molecule has 0 unspecified atom stereocenters. The van der Waals surface area contributed by atoms with Crippen molar-refractivity contribution < 1.29 is 0 Å². The van der Waals surface area contributed by atoms with Crippen LogP contribution in [0.1, 0.15) is 59.8 Å². The van der Waals surface area contributed by atoms with Crippen molar-refractivity contribution in [2.24, 2.45) is 4.99 Å². The average molecular weight is 340 g/mol. The summed E-state index contributed by atoms with van der Waals surface area (Å²) in [5.74, 6) is 1.00. The molecule has 0 aliphatic carbocycles. The van der Waals surface area contributed by atoms with E-state index in [0.29, 0.717) is 12.1 Å². The highest BCUT2D eigenvalue weighted by Crippen LogP contribution is 2.10. The van der Waals surface area contributed by atoms with E-state index in [0.717, 1.165) is 32.0 Å². The summed E-state index contributed by atoms with van der Waals surface area (Å²) in [5.41, 5.74) is 0. The zero-order valence-corrected chi connectivity index (χ0v) is 16.8. The molecule has 0 atom stereocenters. The van der Waals surface area contributed by atoms with Crippen molar-refractivity contribution in [2.45, 2.75) is 71.9 Å². The monoisotopic (exact) mass is 339 g/mol. The maximum atomic E-state index is 4.77. The summed E-state index contributed by atoms with van der Waals surface area (Å²) in [6, 6.07) is 1.20. The number of piperidine rings is 1. The lowest BCUT2D eigenvalue weighted by Crippen LogP contribution is -2.48. The number of unbranched alkanes of at least 4 members (excludes halogenated alkanes) is 1. The molecule has 1 fully saturated rings. The summed E-state index contributed by atoms with van der Waals surface area (Å²) < 4.78 is 0. The Bertz CT molecular complexity index is 335. The standard InChI is InChI=1S/C19H41N5/c1-6-13-24-15-10-18(11-16-24)22-19(20-7-2)21-12-8-9-14-23(5)17(3)4/h17-18H,6-16H2,1-5H3,(H2,20,21,22). The Morgan fingerprint density at radius 2 is 1.92 bits per heavy atom. The molecule has 2 N–H and O–H groups in total. The van der Waals surface area contributed by atoms with E-state index in [1.165, 1.54) is 45.3 Å². The molecule has 0 spiro atoms. The van der Waals surface area contributed by atoms with Gasteiger partial charge in [-0.05, 0) is 73.0 Å². The lowest BCUT2D eigenvalue weighted by molar-refractivity contribution is 0.206. The van der Waals surface area contributed by atoms with Crippen LogP contribution in [-0.2, 0) is 0 Å². The second-order valence-corrected chi connectivity index (χ2v) is 7.30. The van der Waals surface area contributed by atoms with Gasteiger partial charge in [0.25, 0.3) is 0 Å². The molecule has 1 heterocycles. The van der Waals surface area contributed by atoms with Gasteiger partial charge in [-0.15, -0.1) is 0 Å². The largest absolute Gasteiger partial charge is 0.357 e. The molecule has 0 bridgehead atoms. The van der Waals surface area contributed by atoms with Crippen molar-refractivity contribution in [3.05, 3.63) is 0 Å². The van der Waals surface area contributed by atoms with Gasteiger partial charge in [-0.3, -0.25) is 4.99 Å². The number of nitrogens with zero attached hydrogens (tertiary/aromatic N) is 3. The summed E-state index contributed by atoms with van der Waals surface area (Å²) in [5, 5.41) is 7.04. The van der Waals surface area contributed by atoms with Crippen molar-refractivity contribution in [3.63, 3.8) is 0 Å². The first-order chi connectivity index (χ1) is 11.6. The molecular formula is C19H41N5. The van der Waals surface area contributed by atoms with Crippen LogP contribution in [0.15, 0.2) is 4.99 Å². The Morgan fingerprint density at radius 3 is 2.50 bits per heavy atom. The van der Waals surface area contributed by atoms with Crippen LogP contribution in [0.2, 0.25) is 0 Å². The van der Waals surface area contributed by atoms with Gasteiger partial charge in [0.1, 0.15) is 0 Å². The lowest BCUT2D eigenvalue weighted by Gasteiger charge is -2.32. The molecule has 5 nitrogen and oxygen atoms in total. The first kappa shape index (κ1) is 21.2. The second-order valence-electron chi connectivity index (χ2n) is 7.30. The van der Waals surface area contributed by atoms with Crippen LogP contribution in [0.25, 0.3) is 0 Å². The third-order valence-corrected chi connectivity index (χ3v) is 4.88. The van der Waals surface area contributed by atoms with Crippen LogP contribution in [0.3, 0.4) is 0 Å². The van der Waals surface area contributed by atoms with E-state index < -0.39 is 0 Å². The van der Waals surface area contributed by atoms with E-state index in [4.69, 9.17) is 4.99 Å². The Morgan fingerprint density at radius 1 is 1.21 bits per heavy atom. The molecule has 0 amide bonds. The van der Waals surface area contributed by atoms with Gasteiger partial charge >= 0.3 is 0 Å². The maximum absolute atomic E-state index is 4.77. The van der Waals surface area contributed by atoms with E-state index in [1.54, 1.807) is 0 Å². The first-order valence-electron chi connectivity index (χ1n) is 10.0. The SMILES string of the molecule is CCCN1CCC(NC(=NCCCCN(C)C(C)C)NCC)CC1. The highest BCUT2D eigenvalue weighted by molar-refractivity contribution is 5.80. The van der Waals surface area contributed by atoms with E-state index >= 15 is 0 Å². The molecule has 5 heteroatoms. The van der Waals surface area contributed by atoms with E-state index in [9.17, 15) is 0 Å². The number of hydrogen-bond acceptors (Lipinski definition) is 3. The molecule has 1 saturated heterocycles. The minimum atomic E-state index is 0.572. The molecule has 1 aliphatic heterocycles. The summed E-state index contributed by atoms with van der Waals surface area (Å²) in [6.45, 7) is 15.6. The highest BCUT2D eigenvalue weighted by Gasteiger charge is 2.19. The minimum absolute atomic E-state index is 0.572. The quantitative estimate of drug-likeness (QED) is 0.365. The Balaban J connectivity index is 2.27. The van der Waals surface area contributed by atoms with Crippen molar-refractivity contribution >= 4 is 5.96 Å². The molecule has 0 aromatic carbocycles. The van der Waals surface area contributed by atoms with Crippen molar-refractivity contribution in [1.29, 1.82) is 0 Å². The Labute approximate surface area is 150 Å². The molecule has 0 radical (unpaired) electrons. The smallest absolute Gasteiger partial charge is 0.191 e.